The van der Waals surface area contributed by atoms with Crippen molar-refractivity contribution < 1.29 is 9.47 Å². The third-order valence-corrected chi connectivity index (χ3v) is 3.42. The zero-order valence-electron chi connectivity index (χ0n) is 10.9. The molecule has 1 N–H and O–H groups in total. The van der Waals surface area contributed by atoms with E-state index in [1.54, 1.807) is 7.11 Å². The number of benzene rings is 1. The largest absolute Gasteiger partial charge is 0.492 e. The molecular weight excluding hydrogens is 250 g/mol. The van der Waals surface area contributed by atoms with Gasteiger partial charge in [0.25, 0.3) is 0 Å². The molecule has 1 aromatic carbocycles. The van der Waals surface area contributed by atoms with Crippen molar-refractivity contribution in [1.82, 2.24) is 0 Å². The van der Waals surface area contributed by atoms with Crippen LogP contribution < -0.4 is 10.1 Å². The maximum atomic E-state index is 6.17. The molecule has 1 saturated carbocycles. The van der Waals surface area contributed by atoms with E-state index < -0.39 is 0 Å². The molecule has 0 radical (unpaired) electrons. The summed E-state index contributed by atoms with van der Waals surface area (Å²) in [6.07, 6.45) is 2.57. The number of hydrogen-bond donors (Lipinski definition) is 1. The van der Waals surface area contributed by atoms with E-state index in [-0.39, 0.29) is 0 Å². The van der Waals surface area contributed by atoms with Gasteiger partial charge in [-0.15, -0.1) is 0 Å². The number of methoxy groups -OCH3 is 1. The van der Waals surface area contributed by atoms with E-state index in [1.807, 2.05) is 25.1 Å². The van der Waals surface area contributed by atoms with Crippen LogP contribution >= 0.6 is 11.6 Å². The maximum absolute atomic E-state index is 6.17. The first-order valence-corrected chi connectivity index (χ1v) is 6.80. The van der Waals surface area contributed by atoms with Crippen molar-refractivity contribution in [2.75, 3.05) is 25.6 Å². The SMILES string of the molecule is CCOc1ccc(NC(COC)C2CC2)cc1Cl. The van der Waals surface area contributed by atoms with Gasteiger partial charge in [0, 0.05) is 12.8 Å². The minimum absolute atomic E-state index is 0.379. The van der Waals surface area contributed by atoms with Crippen molar-refractivity contribution in [3.05, 3.63) is 23.2 Å². The predicted molar refractivity (Wildman–Crippen MR) is 74.6 cm³/mol. The molecule has 0 saturated heterocycles. The lowest BCUT2D eigenvalue weighted by atomic mass is 10.2. The van der Waals surface area contributed by atoms with Crippen molar-refractivity contribution in [2.45, 2.75) is 25.8 Å². The number of anilines is 1. The standard InChI is InChI=1S/C14H20ClNO2/c1-3-18-14-7-6-11(8-12(14)15)16-13(9-17-2)10-4-5-10/h6-8,10,13,16H,3-5,9H2,1-2H3. The lowest BCUT2D eigenvalue weighted by Crippen LogP contribution is -2.27. The van der Waals surface area contributed by atoms with Crippen LogP contribution in [0, 0.1) is 5.92 Å². The molecule has 100 valence electrons. The highest BCUT2D eigenvalue weighted by Gasteiger charge is 2.31. The molecule has 18 heavy (non-hydrogen) atoms. The van der Waals surface area contributed by atoms with Crippen LogP contribution in [-0.4, -0.2) is 26.4 Å². The molecule has 0 spiro atoms. The highest BCUT2D eigenvalue weighted by atomic mass is 35.5. The third kappa shape index (κ3) is 3.53. The minimum atomic E-state index is 0.379. The minimum Gasteiger partial charge on any atom is -0.492 e. The second-order valence-corrected chi connectivity index (χ2v) is 5.03. The Labute approximate surface area is 113 Å². The van der Waals surface area contributed by atoms with Crippen molar-refractivity contribution in [1.29, 1.82) is 0 Å². The fourth-order valence-corrected chi connectivity index (χ4v) is 2.29. The van der Waals surface area contributed by atoms with Crippen molar-refractivity contribution in [3.8, 4) is 5.75 Å². The molecule has 1 aromatic rings. The molecule has 0 heterocycles. The van der Waals surface area contributed by atoms with Gasteiger partial charge in [0.1, 0.15) is 5.75 Å². The van der Waals surface area contributed by atoms with E-state index in [9.17, 15) is 0 Å². The van der Waals surface area contributed by atoms with E-state index in [1.165, 1.54) is 12.8 Å². The Kier molecular flexibility index (Phi) is 4.72. The average Bonchev–Trinajstić information content (AvgIpc) is 3.16. The first kappa shape index (κ1) is 13.5. The number of halogens is 1. The number of rotatable bonds is 7. The molecule has 0 amide bonds. The molecule has 2 rings (SSSR count). The average molecular weight is 270 g/mol. The van der Waals surface area contributed by atoms with Crippen LogP contribution in [0.5, 0.6) is 5.75 Å². The van der Waals surface area contributed by atoms with Crippen LogP contribution in [0.3, 0.4) is 0 Å². The molecule has 1 unspecified atom stereocenters. The molecule has 0 bridgehead atoms. The Hall–Kier alpha value is -0.930. The van der Waals surface area contributed by atoms with Gasteiger partial charge in [-0.2, -0.15) is 0 Å². The van der Waals surface area contributed by atoms with Crippen LogP contribution in [0.25, 0.3) is 0 Å². The Bertz CT molecular complexity index is 393. The quantitative estimate of drug-likeness (QED) is 0.821. The summed E-state index contributed by atoms with van der Waals surface area (Å²) in [4.78, 5) is 0. The topological polar surface area (TPSA) is 30.5 Å². The number of hydrogen-bond acceptors (Lipinski definition) is 3. The first-order chi connectivity index (χ1) is 8.74. The van der Waals surface area contributed by atoms with E-state index in [0.717, 1.165) is 24.0 Å². The molecular formula is C14H20ClNO2. The van der Waals surface area contributed by atoms with E-state index in [2.05, 4.69) is 5.32 Å². The van der Waals surface area contributed by atoms with Gasteiger partial charge in [0.05, 0.1) is 24.3 Å². The van der Waals surface area contributed by atoms with Crippen LogP contribution in [0.15, 0.2) is 18.2 Å². The maximum Gasteiger partial charge on any atom is 0.138 e. The molecule has 1 atom stereocenters. The summed E-state index contributed by atoms with van der Waals surface area (Å²) in [5.74, 6) is 1.47. The zero-order chi connectivity index (χ0) is 13.0. The fourth-order valence-electron chi connectivity index (χ4n) is 2.05. The summed E-state index contributed by atoms with van der Waals surface area (Å²) in [7, 11) is 1.74. The van der Waals surface area contributed by atoms with Gasteiger partial charge in [-0.1, -0.05) is 11.6 Å². The van der Waals surface area contributed by atoms with Gasteiger partial charge >= 0.3 is 0 Å². The smallest absolute Gasteiger partial charge is 0.138 e. The summed E-state index contributed by atoms with van der Waals surface area (Å²) in [5.41, 5.74) is 1.03. The van der Waals surface area contributed by atoms with Gasteiger partial charge in [-0.05, 0) is 43.9 Å². The lowest BCUT2D eigenvalue weighted by Gasteiger charge is -2.19. The van der Waals surface area contributed by atoms with Crippen LogP contribution in [0.2, 0.25) is 5.02 Å². The molecule has 1 fully saturated rings. The Morgan fingerprint density at radius 3 is 2.78 bits per heavy atom. The van der Waals surface area contributed by atoms with E-state index in [0.29, 0.717) is 17.7 Å². The van der Waals surface area contributed by atoms with Crippen molar-refractivity contribution in [2.24, 2.45) is 5.92 Å². The number of ether oxygens (including phenoxy) is 2. The highest BCUT2D eigenvalue weighted by molar-refractivity contribution is 6.32. The molecule has 3 nitrogen and oxygen atoms in total. The normalized spacial score (nSPS) is 16.4. The Morgan fingerprint density at radius 1 is 1.44 bits per heavy atom. The van der Waals surface area contributed by atoms with Gasteiger partial charge in [0.2, 0.25) is 0 Å². The molecule has 0 aliphatic heterocycles. The van der Waals surface area contributed by atoms with Crippen LogP contribution in [0.1, 0.15) is 19.8 Å². The van der Waals surface area contributed by atoms with Gasteiger partial charge in [0.15, 0.2) is 0 Å². The van der Waals surface area contributed by atoms with Crippen molar-refractivity contribution in [3.63, 3.8) is 0 Å². The Morgan fingerprint density at radius 2 is 2.22 bits per heavy atom. The van der Waals surface area contributed by atoms with Gasteiger partial charge in [-0.3, -0.25) is 0 Å². The van der Waals surface area contributed by atoms with Crippen molar-refractivity contribution >= 4 is 17.3 Å². The Balaban J connectivity index is 2.01. The summed E-state index contributed by atoms with van der Waals surface area (Å²) < 4.78 is 10.7. The predicted octanol–water partition coefficient (Wildman–Crippen LogP) is 3.58. The summed E-state index contributed by atoms with van der Waals surface area (Å²) in [6.45, 7) is 3.31. The zero-order valence-corrected chi connectivity index (χ0v) is 11.7. The molecule has 1 aliphatic rings. The highest BCUT2D eigenvalue weighted by Crippen LogP contribution is 2.35. The second-order valence-electron chi connectivity index (χ2n) is 4.62. The fraction of sp³-hybridized carbons (Fsp3) is 0.571. The van der Waals surface area contributed by atoms with E-state index in [4.69, 9.17) is 21.1 Å². The monoisotopic (exact) mass is 269 g/mol. The van der Waals surface area contributed by atoms with Gasteiger partial charge in [-0.25, -0.2) is 0 Å². The second kappa shape index (κ2) is 6.30. The van der Waals surface area contributed by atoms with Gasteiger partial charge < -0.3 is 14.8 Å². The van der Waals surface area contributed by atoms with E-state index >= 15 is 0 Å². The first-order valence-electron chi connectivity index (χ1n) is 6.42. The van der Waals surface area contributed by atoms with Crippen LogP contribution in [-0.2, 0) is 4.74 Å². The third-order valence-electron chi connectivity index (χ3n) is 3.12. The summed E-state index contributed by atoms with van der Waals surface area (Å²) in [5, 5.41) is 4.13. The number of nitrogens with one attached hydrogen (secondary N) is 1. The molecule has 4 heteroatoms. The van der Waals surface area contributed by atoms with Crippen LogP contribution in [0.4, 0.5) is 5.69 Å². The lowest BCUT2D eigenvalue weighted by molar-refractivity contribution is 0.179. The summed E-state index contributed by atoms with van der Waals surface area (Å²) >= 11 is 6.17. The molecule has 0 aromatic heterocycles. The summed E-state index contributed by atoms with van der Waals surface area (Å²) in [6, 6.07) is 6.20. The molecule has 1 aliphatic carbocycles.